The molecule has 0 radical (unpaired) electrons. The van der Waals surface area contributed by atoms with Crippen molar-refractivity contribution in [2.24, 2.45) is 11.7 Å². The van der Waals surface area contributed by atoms with Crippen molar-refractivity contribution in [3.63, 3.8) is 0 Å². The Balaban J connectivity index is 2.71. The summed E-state index contributed by atoms with van der Waals surface area (Å²) in [5.41, 5.74) is 5.49. The molecule has 13 heavy (non-hydrogen) atoms. The van der Waals surface area contributed by atoms with Gasteiger partial charge in [-0.05, 0) is 12.8 Å². The maximum absolute atomic E-state index is 10.6. The molecule has 1 unspecified atom stereocenters. The van der Waals surface area contributed by atoms with Crippen LogP contribution in [0, 0.1) is 5.92 Å². The fourth-order valence-corrected chi connectivity index (χ4v) is 1.51. The molecule has 1 aliphatic heterocycles. The number of amides is 1. The van der Waals surface area contributed by atoms with E-state index in [9.17, 15) is 9.59 Å². The van der Waals surface area contributed by atoms with Crippen molar-refractivity contribution in [3.05, 3.63) is 0 Å². The van der Waals surface area contributed by atoms with Gasteiger partial charge in [0, 0.05) is 6.54 Å². The lowest BCUT2D eigenvalue weighted by Gasteiger charge is -2.34. The molecule has 0 bridgehead atoms. The minimum absolute atomic E-state index is 0.320. The van der Waals surface area contributed by atoms with Crippen molar-refractivity contribution in [2.45, 2.75) is 19.0 Å². The van der Waals surface area contributed by atoms with Crippen molar-refractivity contribution in [2.75, 3.05) is 6.54 Å². The second kappa shape index (κ2) is 3.61. The zero-order valence-electron chi connectivity index (χ0n) is 7.01. The van der Waals surface area contributed by atoms with E-state index in [0.29, 0.717) is 19.4 Å². The number of nitrogens with zero attached hydrogens (tertiary/aromatic N) is 1. The smallest absolute Gasteiger partial charge is 0.408 e. The molecule has 74 valence electrons. The number of carboxylic acid groups (broad SMARTS) is 2. The molecule has 1 heterocycles. The fourth-order valence-electron chi connectivity index (χ4n) is 1.51. The molecule has 2 atom stereocenters. The molecule has 0 spiro atoms. The van der Waals surface area contributed by atoms with E-state index in [1.807, 2.05) is 0 Å². The summed E-state index contributed by atoms with van der Waals surface area (Å²) >= 11 is 0. The molecule has 1 amide bonds. The van der Waals surface area contributed by atoms with Crippen molar-refractivity contribution in [1.82, 2.24) is 4.90 Å². The molecule has 1 aliphatic rings. The molecule has 6 nitrogen and oxygen atoms in total. The lowest BCUT2D eigenvalue weighted by molar-refractivity contribution is -0.145. The summed E-state index contributed by atoms with van der Waals surface area (Å²) in [6.07, 6.45) is -1.07. The van der Waals surface area contributed by atoms with E-state index in [1.54, 1.807) is 0 Å². The van der Waals surface area contributed by atoms with Gasteiger partial charge in [-0.15, -0.1) is 0 Å². The van der Waals surface area contributed by atoms with Gasteiger partial charge >= 0.3 is 12.1 Å². The second-order valence-corrected chi connectivity index (χ2v) is 3.05. The lowest BCUT2D eigenvalue weighted by atomic mass is 9.95. The van der Waals surface area contributed by atoms with Crippen LogP contribution in [0.4, 0.5) is 4.79 Å². The summed E-state index contributed by atoms with van der Waals surface area (Å²) in [6, 6.07) is 0. The zero-order valence-corrected chi connectivity index (χ0v) is 7.01. The molecule has 0 aliphatic carbocycles. The summed E-state index contributed by atoms with van der Waals surface area (Å²) in [7, 11) is 0. The predicted octanol–water partition coefficient (Wildman–Crippen LogP) is -0.254. The first-order chi connectivity index (χ1) is 6.04. The Morgan fingerprint density at radius 3 is 2.46 bits per heavy atom. The van der Waals surface area contributed by atoms with Crippen LogP contribution in [0.2, 0.25) is 0 Å². The van der Waals surface area contributed by atoms with Gasteiger partial charge in [0.05, 0.1) is 12.1 Å². The van der Waals surface area contributed by atoms with Crippen LogP contribution in [0.15, 0.2) is 0 Å². The highest BCUT2D eigenvalue weighted by molar-refractivity contribution is 5.73. The van der Waals surface area contributed by atoms with Crippen LogP contribution in [-0.2, 0) is 4.79 Å². The highest BCUT2D eigenvalue weighted by Crippen LogP contribution is 2.20. The molecule has 0 aromatic heterocycles. The number of hydrogen-bond acceptors (Lipinski definition) is 3. The Bertz CT molecular complexity index is 209. The summed E-state index contributed by atoms with van der Waals surface area (Å²) in [6.45, 7) is 0.320. The minimum atomic E-state index is -1.15. The molecule has 0 aromatic carbocycles. The normalized spacial score (nSPS) is 28.5. The van der Waals surface area contributed by atoms with E-state index in [2.05, 4.69) is 0 Å². The third-order valence-electron chi connectivity index (χ3n) is 2.25. The third-order valence-corrected chi connectivity index (χ3v) is 2.25. The monoisotopic (exact) mass is 188 g/mol. The molecule has 0 aromatic rings. The number of carbonyl (C=O) groups is 2. The van der Waals surface area contributed by atoms with Gasteiger partial charge in [-0.1, -0.05) is 0 Å². The van der Waals surface area contributed by atoms with Gasteiger partial charge in [0.1, 0.15) is 0 Å². The molecule has 4 N–H and O–H groups in total. The van der Waals surface area contributed by atoms with E-state index >= 15 is 0 Å². The van der Waals surface area contributed by atoms with Gasteiger partial charge in [0.2, 0.25) is 0 Å². The minimum Gasteiger partial charge on any atom is -0.481 e. The second-order valence-electron chi connectivity index (χ2n) is 3.05. The van der Waals surface area contributed by atoms with Crippen LogP contribution in [0.3, 0.4) is 0 Å². The van der Waals surface area contributed by atoms with Crippen LogP contribution < -0.4 is 5.73 Å². The van der Waals surface area contributed by atoms with Crippen molar-refractivity contribution in [1.29, 1.82) is 0 Å². The maximum Gasteiger partial charge on any atom is 0.408 e. The predicted molar refractivity (Wildman–Crippen MR) is 43.1 cm³/mol. The molecule has 1 rings (SSSR count). The number of carboxylic acids is 1. The summed E-state index contributed by atoms with van der Waals surface area (Å²) < 4.78 is 0. The largest absolute Gasteiger partial charge is 0.481 e. The zero-order chi connectivity index (χ0) is 10.0. The van der Waals surface area contributed by atoms with Crippen molar-refractivity contribution in [3.8, 4) is 0 Å². The van der Waals surface area contributed by atoms with Crippen molar-refractivity contribution >= 4 is 12.1 Å². The highest BCUT2D eigenvalue weighted by Gasteiger charge is 2.35. The SMILES string of the molecule is NC1[C@H](C(=O)O)CCCN1C(=O)O. The summed E-state index contributed by atoms with van der Waals surface area (Å²) in [5, 5.41) is 17.4. The quantitative estimate of drug-likeness (QED) is 0.526. The molecule has 6 heteroatoms. The standard InChI is InChI=1S/C7H12N2O4/c8-5-4(6(10)11)2-1-3-9(5)7(12)13/h4-5H,1-3,8H2,(H,10,11)(H,12,13)/t4-,5?/m1/s1. The number of nitrogens with two attached hydrogens (primary N) is 1. The van der Waals surface area contributed by atoms with Crippen LogP contribution >= 0.6 is 0 Å². The van der Waals surface area contributed by atoms with E-state index in [1.165, 1.54) is 0 Å². The van der Waals surface area contributed by atoms with Crippen LogP contribution in [-0.4, -0.2) is 39.9 Å². The third kappa shape index (κ3) is 1.89. The Morgan fingerprint density at radius 1 is 1.38 bits per heavy atom. The van der Waals surface area contributed by atoms with Gasteiger partial charge in [-0.25, -0.2) is 4.79 Å². The van der Waals surface area contributed by atoms with Gasteiger partial charge < -0.3 is 15.9 Å². The lowest BCUT2D eigenvalue weighted by Crippen LogP contribution is -2.55. The molecule has 1 fully saturated rings. The molecular weight excluding hydrogens is 176 g/mol. The summed E-state index contributed by atoms with van der Waals surface area (Å²) in [4.78, 5) is 22.2. The van der Waals surface area contributed by atoms with Gasteiger partial charge in [0.15, 0.2) is 0 Å². The molecular formula is C7H12N2O4. The highest BCUT2D eigenvalue weighted by atomic mass is 16.4. The molecule has 1 saturated heterocycles. The number of aliphatic carboxylic acids is 1. The van der Waals surface area contributed by atoms with Gasteiger partial charge in [-0.3, -0.25) is 9.69 Å². The fraction of sp³-hybridized carbons (Fsp3) is 0.714. The average molecular weight is 188 g/mol. The van der Waals surface area contributed by atoms with Crippen LogP contribution in [0.5, 0.6) is 0 Å². The van der Waals surface area contributed by atoms with E-state index in [4.69, 9.17) is 15.9 Å². The Hall–Kier alpha value is -1.30. The Labute approximate surface area is 74.9 Å². The van der Waals surface area contributed by atoms with Gasteiger partial charge in [0.25, 0.3) is 0 Å². The first-order valence-corrected chi connectivity index (χ1v) is 4.02. The van der Waals surface area contributed by atoms with E-state index < -0.39 is 24.1 Å². The van der Waals surface area contributed by atoms with Crippen molar-refractivity contribution < 1.29 is 19.8 Å². The number of rotatable bonds is 1. The Kier molecular flexibility index (Phi) is 2.72. The van der Waals surface area contributed by atoms with Crippen LogP contribution in [0.25, 0.3) is 0 Å². The van der Waals surface area contributed by atoms with E-state index in [-0.39, 0.29) is 0 Å². The Morgan fingerprint density at radius 2 is 2.00 bits per heavy atom. The maximum atomic E-state index is 10.6. The first-order valence-electron chi connectivity index (χ1n) is 4.02. The number of likely N-dealkylation sites (tertiary alicyclic amines) is 1. The van der Waals surface area contributed by atoms with E-state index in [0.717, 1.165) is 4.90 Å². The number of hydrogen-bond donors (Lipinski definition) is 3. The summed E-state index contributed by atoms with van der Waals surface area (Å²) in [5.74, 6) is -1.80. The first kappa shape index (κ1) is 9.79. The average Bonchev–Trinajstić information content (AvgIpc) is 2.03. The number of piperidine rings is 1. The van der Waals surface area contributed by atoms with Gasteiger partial charge in [-0.2, -0.15) is 0 Å². The van der Waals surface area contributed by atoms with Crippen LogP contribution in [0.1, 0.15) is 12.8 Å². The topological polar surface area (TPSA) is 104 Å². The molecule has 0 saturated carbocycles.